The minimum atomic E-state index is 1.13. The van der Waals surface area contributed by atoms with Crippen LogP contribution < -0.4 is 4.90 Å². The molecule has 104 valence electrons. The zero-order valence-corrected chi connectivity index (χ0v) is 12.7. The Balaban J connectivity index is 0.000000659. The topological polar surface area (TPSA) is 19.4 Å². The fraction of sp³-hybridized carbons (Fsp3) is 0.667. The first-order chi connectivity index (χ1) is 8.86. The van der Waals surface area contributed by atoms with Gasteiger partial charge >= 0.3 is 0 Å². The van der Waals surface area contributed by atoms with Crippen LogP contribution in [0.5, 0.6) is 0 Å². The van der Waals surface area contributed by atoms with Crippen LogP contribution in [0.4, 0.5) is 5.69 Å². The number of pyridine rings is 1. The largest absolute Gasteiger partial charge is 0.370 e. The standard InChI is InChI=1S/C11H17N3.2C2H6/c1-13-7-2-8-14(10-9-13)11-3-5-12-6-4-11;2*1-2/h3-6H,2,7-10H2,1H3;2*1-2H3. The van der Waals surface area contributed by atoms with E-state index < -0.39 is 0 Å². The maximum Gasteiger partial charge on any atom is 0.0397 e. The highest BCUT2D eigenvalue weighted by Crippen LogP contribution is 2.14. The van der Waals surface area contributed by atoms with Crippen LogP contribution in [0.3, 0.4) is 0 Å². The number of hydrogen-bond acceptors (Lipinski definition) is 3. The predicted octanol–water partition coefficient (Wildman–Crippen LogP) is 3.28. The van der Waals surface area contributed by atoms with Gasteiger partial charge in [0, 0.05) is 37.7 Å². The lowest BCUT2D eigenvalue weighted by Crippen LogP contribution is -2.28. The van der Waals surface area contributed by atoms with E-state index in [1.807, 2.05) is 40.1 Å². The summed E-state index contributed by atoms with van der Waals surface area (Å²) >= 11 is 0. The van der Waals surface area contributed by atoms with Crippen molar-refractivity contribution >= 4 is 5.69 Å². The zero-order chi connectivity index (χ0) is 13.8. The Morgan fingerprint density at radius 2 is 1.50 bits per heavy atom. The summed E-state index contributed by atoms with van der Waals surface area (Å²) in [5.74, 6) is 0. The van der Waals surface area contributed by atoms with E-state index in [-0.39, 0.29) is 0 Å². The molecule has 0 atom stereocenters. The van der Waals surface area contributed by atoms with Gasteiger partial charge in [-0.25, -0.2) is 0 Å². The van der Waals surface area contributed by atoms with Crippen LogP contribution in [0, 0.1) is 0 Å². The molecular weight excluding hydrogens is 222 g/mol. The Hall–Kier alpha value is -1.09. The SMILES string of the molecule is CC.CC.CN1CCCN(c2ccncc2)CC1. The Kier molecular flexibility index (Phi) is 10.4. The monoisotopic (exact) mass is 251 g/mol. The Morgan fingerprint density at radius 3 is 2.11 bits per heavy atom. The highest BCUT2D eigenvalue weighted by Gasteiger charge is 2.11. The van der Waals surface area contributed by atoms with Gasteiger partial charge in [-0.15, -0.1) is 0 Å². The smallest absolute Gasteiger partial charge is 0.0397 e. The van der Waals surface area contributed by atoms with E-state index in [1.165, 1.54) is 18.7 Å². The van der Waals surface area contributed by atoms with Crippen molar-refractivity contribution in [2.24, 2.45) is 0 Å². The average Bonchev–Trinajstić information content (AvgIpc) is 2.69. The second-order valence-electron chi connectivity index (χ2n) is 3.85. The molecule has 0 aliphatic carbocycles. The molecule has 3 heteroatoms. The van der Waals surface area contributed by atoms with Gasteiger partial charge in [0.25, 0.3) is 0 Å². The van der Waals surface area contributed by atoms with Crippen molar-refractivity contribution in [2.45, 2.75) is 34.1 Å². The van der Waals surface area contributed by atoms with Gasteiger partial charge in [-0.05, 0) is 32.1 Å². The quantitative estimate of drug-likeness (QED) is 0.763. The van der Waals surface area contributed by atoms with Crippen molar-refractivity contribution in [3.05, 3.63) is 24.5 Å². The number of anilines is 1. The van der Waals surface area contributed by atoms with Crippen molar-refractivity contribution in [1.29, 1.82) is 0 Å². The van der Waals surface area contributed by atoms with Crippen LogP contribution in [-0.4, -0.2) is 43.1 Å². The first-order valence-electron chi connectivity index (χ1n) is 7.20. The summed E-state index contributed by atoms with van der Waals surface area (Å²) in [6.45, 7) is 12.7. The minimum absolute atomic E-state index is 1.13. The molecule has 1 aliphatic rings. The fourth-order valence-corrected chi connectivity index (χ4v) is 1.86. The molecule has 1 fully saturated rings. The lowest BCUT2D eigenvalue weighted by atomic mass is 10.3. The van der Waals surface area contributed by atoms with Crippen molar-refractivity contribution in [1.82, 2.24) is 9.88 Å². The number of hydrogen-bond donors (Lipinski definition) is 0. The number of rotatable bonds is 1. The first kappa shape index (κ1) is 16.9. The number of aromatic nitrogens is 1. The lowest BCUT2D eigenvalue weighted by Gasteiger charge is -2.22. The van der Waals surface area contributed by atoms with Gasteiger partial charge in [0.1, 0.15) is 0 Å². The second kappa shape index (κ2) is 11.0. The summed E-state index contributed by atoms with van der Waals surface area (Å²) < 4.78 is 0. The van der Waals surface area contributed by atoms with Crippen LogP contribution in [0.25, 0.3) is 0 Å². The summed E-state index contributed by atoms with van der Waals surface area (Å²) in [5.41, 5.74) is 1.30. The summed E-state index contributed by atoms with van der Waals surface area (Å²) in [5, 5.41) is 0. The van der Waals surface area contributed by atoms with Gasteiger partial charge in [-0.3, -0.25) is 4.98 Å². The summed E-state index contributed by atoms with van der Waals surface area (Å²) in [4.78, 5) is 8.87. The van der Waals surface area contributed by atoms with Gasteiger partial charge in [0.15, 0.2) is 0 Å². The van der Waals surface area contributed by atoms with Crippen LogP contribution in [0.15, 0.2) is 24.5 Å². The molecule has 0 N–H and O–H groups in total. The second-order valence-corrected chi connectivity index (χ2v) is 3.85. The summed E-state index contributed by atoms with van der Waals surface area (Å²) in [6, 6.07) is 4.18. The van der Waals surface area contributed by atoms with E-state index in [0.29, 0.717) is 0 Å². The van der Waals surface area contributed by atoms with Crippen molar-refractivity contribution in [3.63, 3.8) is 0 Å². The molecule has 2 rings (SSSR count). The van der Waals surface area contributed by atoms with Crippen LogP contribution >= 0.6 is 0 Å². The molecular formula is C15H29N3. The van der Waals surface area contributed by atoms with Gasteiger partial charge in [-0.1, -0.05) is 27.7 Å². The molecule has 0 aromatic carbocycles. The van der Waals surface area contributed by atoms with Crippen molar-refractivity contribution < 1.29 is 0 Å². The van der Waals surface area contributed by atoms with Crippen LogP contribution in [-0.2, 0) is 0 Å². The lowest BCUT2D eigenvalue weighted by molar-refractivity contribution is 0.360. The molecule has 0 spiro atoms. The van der Waals surface area contributed by atoms with Gasteiger partial charge in [-0.2, -0.15) is 0 Å². The maximum absolute atomic E-state index is 4.04. The van der Waals surface area contributed by atoms with Crippen molar-refractivity contribution in [2.75, 3.05) is 38.1 Å². The minimum Gasteiger partial charge on any atom is -0.370 e. The molecule has 0 bridgehead atoms. The highest BCUT2D eigenvalue weighted by atomic mass is 15.2. The third-order valence-electron chi connectivity index (χ3n) is 2.75. The average molecular weight is 251 g/mol. The molecule has 0 saturated carbocycles. The Morgan fingerprint density at radius 1 is 0.889 bits per heavy atom. The van der Waals surface area contributed by atoms with Crippen LogP contribution in [0.2, 0.25) is 0 Å². The van der Waals surface area contributed by atoms with E-state index in [0.717, 1.165) is 19.6 Å². The van der Waals surface area contributed by atoms with E-state index in [4.69, 9.17) is 0 Å². The van der Waals surface area contributed by atoms with Gasteiger partial charge in [0.2, 0.25) is 0 Å². The molecule has 2 heterocycles. The predicted molar refractivity (Wildman–Crippen MR) is 81.3 cm³/mol. The van der Waals surface area contributed by atoms with Crippen LogP contribution in [0.1, 0.15) is 34.1 Å². The van der Waals surface area contributed by atoms with E-state index in [2.05, 4.69) is 34.0 Å². The number of nitrogens with zero attached hydrogens (tertiary/aromatic N) is 3. The molecule has 1 aromatic rings. The maximum atomic E-state index is 4.04. The molecule has 0 amide bonds. The molecule has 1 saturated heterocycles. The van der Waals surface area contributed by atoms with Crippen molar-refractivity contribution in [3.8, 4) is 0 Å². The molecule has 18 heavy (non-hydrogen) atoms. The molecule has 1 aromatic heterocycles. The van der Waals surface area contributed by atoms with Gasteiger partial charge in [0.05, 0.1) is 0 Å². The van der Waals surface area contributed by atoms with E-state index >= 15 is 0 Å². The molecule has 0 radical (unpaired) electrons. The van der Waals surface area contributed by atoms with E-state index in [9.17, 15) is 0 Å². The fourth-order valence-electron chi connectivity index (χ4n) is 1.86. The Bertz CT molecular complexity index is 274. The zero-order valence-electron chi connectivity index (χ0n) is 12.7. The summed E-state index contributed by atoms with van der Waals surface area (Å²) in [6.07, 6.45) is 4.98. The first-order valence-corrected chi connectivity index (χ1v) is 7.20. The van der Waals surface area contributed by atoms with Gasteiger partial charge < -0.3 is 9.80 Å². The Labute approximate surface area is 113 Å². The summed E-state index contributed by atoms with van der Waals surface area (Å²) in [7, 11) is 2.19. The molecule has 3 nitrogen and oxygen atoms in total. The van der Waals surface area contributed by atoms with E-state index in [1.54, 1.807) is 0 Å². The molecule has 1 aliphatic heterocycles. The highest BCUT2D eigenvalue weighted by molar-refractivity contribution is 5.44. The molecule has 0 unspecified atom stereocenters. The third-order valence-corrected chi connectivity index (χ3v) is 2.75. The number of likely N-dealkylation sites (N-methyl/N-ethyl adjacent to an activating group) is 1. The normalized spacial score (nSPS) is 15.7. The third kappa shape index (κ3) is 6.01.